The third kappa shape index (κ3) is 3.21. The van der Waals surface area contributed by atoms with Gasteiger partial charge in [0, 0.05) is 12.6 Å². The fourth-order valence-electron chi connectivity index (χ4n) is 1.22. The van der Waals surface area contributed by atoms with Crippen molar-refractivity contribution in [2.45, 2.75) is 25.8 Å². The minimum Gasteiger partial charge on any atom is -0.396 e. The van der Waals surface area contributed by atoms with E-state index in [1.165, 1.54) is 6.33 Å². The molecule has 1 rings (SSSR count). The van der Waals surface area contributed by atoms with Crippen LogP contribution in [0.15, 0.2) is 6.33 Å². The molecule has 0 saturated heterocycles. The highest BCUT2D eigenvalue weighted by atomic mass is 35.5. The highest BCUT2D eigenvalue weighted by Crippen LogP contribution is 2.23. The molecule has 0 aliphatic heterocycles. The zero-order chi connectivity index (χ0) is 11.3. The van der Waals surface area contributed by atoms with Gasteiger partial charge in [-0.2, -0.15) is 0 Å². The summed E-state index contributed by atoms with van der Waals surface area (Å²) in [6.45, 7) is 2.15. The Bertz CT molecular complexity index is 321. The summed E-state index contributed by atoms with van der Waals surface area (Å²) in [6.07, 6.45) is 2.88. The number of halogens is 1. The van der Waals surface area contributed by atoms with E-state index in [-0.39, 0.29) is 17.8 Å². The van der Waals surface area contributed by atoms with Crippen LogP contribution >= 0.6 is 11.6 Å². The molecule has 0 saturated carbocycles. The summed E-state index contributed by atoms with van der Waals surface area (Å²) in [5.41, 5.74) is 6.04. The average molecular weight is 231 g/mol. The van der Waals surface area contributed by atoms with Crippen molar-refractivity contribution in [3.05, 3.63) is 11.5 Å². The highest BCUT2D eigenvalue weighted by Gasteiger charge is 2.10. The van der Waals surface area contributed by atoms with E-state index in [4.69, 9.17) is 22.4 Å². The molecule has 1 aromatic heterocycles. The number of aliphatic hydroxyl groups is 1. The molecular weight excluding hydrogens is 216 g/mol. The molecule has 0 bridgehead atoms. The lowest BCUT2D eigenvalue weighted by Crippen LogP contribution is -2.21. The zero-order valence-electron chi connectivity index (χ0n) is 8.57. The number of nitrogens with zero attached hydrogens (tertiary/aromatic N) is 2. The summed E-state index contributed by atoms with van der Waals surface area (Å²) in [5, 5.41) is 12.2. The Morgan fingerprint density at radius 3 is 2.93 bits per heavy atom. The van der Waals surface area contributed by atoms with Crippen molar-refractivity contribution in [3.63, 3.8) is 0 Å². The molecule has 15 heavy (non-hydrogen) atoms. The number of rotatable bonds is 5. The van der Waals surface area contributed by atoms with Crippen molar-refractivity contribution in [2.75, 3.05) is 17.7 Å². The van der Waals surface area contributed by atoms with Gasteiger partial charge in [0.15, 0.2) is 11.0 Å². The van der Waals surface area contributed by atoms with Gasteiger partial charge in [-0.15, -0.1) is 0 Å². The first kappa shape index (κ1) is 12.0. The van der Waals surface area contributed by atoms with E-state index in [1.54, 1.807) is 0 Å². The molecule has 0 aliphatic rings. The minimum absolute atomic E-state index is 0.129. The smallest absolute Gasteiger partial charge is 0.157 e. The van der Waals surface area contributed by atoms with E-state index in [2.05, 4.69) is 15.3 Å². The van der Waals surface area contributed by atoms with Gasteiger partial charge in [0.25, 0.3) is 0 Å². The third-order valence-electron chi connectivity index (χ3n) is 2.15. The summed E-state index contributed by atoms with van der Waals surface area (Å²) in [4.78, 5) is 7.75. The van der Waals surface area contributed by atoms with Gasteiger partial charge >= 0.3 is 0 Å². The van der Waals surface area contributed by atoms with E-state index in [9.17, 15) is 0 Å². The van der Waals surface area contributed by atoms with Gasteiger partial charge in [-0.05, 0) is 12.8 Å². The Balaban J connectivity index is 2.74. The monoisotopic (exact) mass is 230 g/mol. The number of nitrogens with two attached hydrogens (primary N) is 1. The van der Waals surface area contributed by atoms with Crippen LogP contribution in [0.1, 0.15) is 19.8 Å². The first-order chi connectivity index (χ1) is 7.19. The summed E-state index contributed by atoms with van der Waals surface area (Å²) in [7, 11) is 0. The second-order valence-corrected chi connectivity index (χ2v) is 3.55. The zero-order valence-corrected chi connectivity index (χ0v) is 9.33. The van der Waals surface area contributed by atoms with Crippen molar-refractivity contribution in [1.82, 2.24) is 9.97 Å². The van der Waals surface area contributed by atoms with Gasteiger partial charge in [-0.3, -0.25) is 0 Å². The summed E-state index contributed by atoms with van der Waals surface area (Å²) >= 11 is 5.75. The SMILES string of the molecule is CCC(CCO)Nc1ncnc(Cl)c1N. The molecular formula is C9H15ClN4O. The van der Waals surface area contributed by atoms with Crippen molar-refractivity contribution in [3.8, 4) is 0 Å². The Hall–Kier alpha value is -1.07. The summed E-state index contributed by atoms with van der Waals surface area (Å²) in [5.74, 6) is 0.523. The number of aromatic nitrogens is 2. The summed E-state index contributed by atoms with van der Waals surface area (Å²) in [6, 6.07) is 0.142. The van der Waals surface area contributed by atoms with E-state index in [0.29, 0.717) is 17.9 Å². The van der Waals surface area contributed by atoms with Crippen LogP contribution in [-0.4, -0.2) is 27.7 Å². The number of nitrogens with one attached hydrogen (secondary N) is 1. The predicted octanol–water partition coefficient (Wildman–Crippen LogP) is 1.29. The van der Waals surface area contributed by atoms with Crippen LogP contribution < -0.4 is 11.1 Å². The fraction of sp³-hybridized carbons (Fsp3) is 0.556. The molecule has 1 aromatic rings. The number of aliphatic hydroxyl groups excluding tert-OH is 1. The molecule has 1 atom stereocenters. The standard InChI is InChI=1S/C9H15ClN4O/c1-2-6(3-4-15)14-9-7(11)8(10)12-5-13-9/h5-6,15H,2-4,11H2,1H3,(H,12,13,14). The van der Waals surface area contributed by atoms with Crippen LogP contribution in [0, 0.1) is 0 Å². The highest BCUT2D eigenvalue weighted by molar-refractivity contribution is 6.32. The van der Waals surface area contributed by atoms with E-state index in [1.807, 2.05) is 6.92 Å². The molecule has 6 heteroatoms. The van der Waals surface area contributed by atoms with Crippen LogP contribution in [0.3, 0.4) is 0 Å². The molecule has 4 N–H and O–H groups in total. The number of anilines is 2. The van der Waals surface area contributed by atoms with Gasteiger partial charge in [0.2, 0.25) is 0 Å². The molecule has 1 unspecified atom stereocenters. The predicted molar refractivity (Wildman–Crippen MR) is 60.9 cm³/mol. The third-order valence-corrected chi connectivity index (χ3v) is 2.45. The molecule has 0 spiro atoms. The van der Waals surface area contributed by atoms with Gasteiger partial charge in [-0.25, -0.2) is 9.97 Å². The molecule has 0 radical (unpaired) electrons. The van der Waals surface area contributed by atoms with E-state index in [0.717, 1.165) is 6.42 Å². The van der Waals surface area contributed by atoms with Crippen LogP contribution in [-0.2, 0) is 0 Å². The number of nitrogen functional groups attached to an aromatic ring is 1. The van der Waals surface area contributed by atoms with Gasteiger partial charge in [0.05, 0.1) is 0 Å². The lowest BCUT2D eigenvalue weighted by atomic mass is 10.1. The molecule has 5 nitrogen and oxygen atoms in total. The quantitative estimate of drug-likeness (QED) is 0.664. The lowest BCUT2D eigenvalue weighted by molar-refractivity contribution is 0.278. The van der Waals surface area contributed by atoms with Crippen molar-refractivity contribution < 1.29 is 5.11 Å². The maximum absolute atomic E-state index is 8.84. The van der Waals surface area contributed by atoms with Crippen molar-refractivity contribution in [1.29, 1.82) is 0 Å². The second-order valence-electron chi connectivity index (χ2n) is 3.19. The van der Waals surface area contributed by atoms with Crippen molar-refractivity contribution >= 4 is 23.1 Å². The van der Waals surface area contributed by atoms with E-state index >= 15 is 0 Å². The van der Waals surface area contributed by atoms with Crippen LogP contribution in [0.4, 0.5) is 11.5 Å². The van der Waals surface area contributed by atoms with Crippen LogP contribution in [0.2, 0.25) is 5.15 Å². The number of hydrogen-bond acceptors (Lipinski definition) is 5. The maximum atomic E-state index is 8.84. The lowest BCUT2D eigenvalue weighted by Gasteiger charge is -2.17. The average Bonchev–Trinajstić information content (AvgIpc) is 2.24. The Kier molecular flexibility index (Phi) is 4.58. The topological polar surface area (TPSA) is 84.1 Å². The summed E-state index contributed by atoms with van der Waals surface area (Å²) < 4.78 is 0. The normalized spacial score (nSPS) is 12.5. The molecule has 84 valence electrons. The molecule has 0 aromatic carbocycles. The number of hydrogen-bond donors (Lipinski definition) is 3. The molecule has 0 fully saturated rings. The minimum atomic E-state index is 0.129. The van der Waals surface area contributed by atoms with E-state index < -0.39 is 0 Å². The largest absolute Gasteiger partial charge is 0.396 e. The maximum Gasteiger partial charge on any atom is 0.157 e. The molecule has 0 amide bonds. The molecule has 0 aliphatic carbocycles. The Morgan fingerprint density at radius 2 is 2.33 bits per heavy atom. The van der Waals surface area contributed by atoms with Gasteiger partial charge in [-0.1, -0.05) is 18.5 Å². The fourth-order valence-corrected chi connectivity index (χ4v) is 1.35. The van der Waals surface area contributed by atoms with Crippen LogP contribution in [0.5, 0.6) is 0 Å². The second kappa shape index (κ2) is 5.72. The first-order valence-corrected chi connectivity index (χ1v) is 5.20. The Labute approximate surface area is 93.7 Å². The van der Waals surface area contributed by atoms with Gasteiger partial charge < -0.3 is 16.2 Å². The van der Waals surface area contributed by atoms with Gasteiger partial charge in [0.1, 0.15) is 12.0 Å². The Morgan fingerprint density at radius 1 is 1.60 bits per heavy atom. The molecule has 1 heterocycles. The first-order valence-electron chi connectivity index (χ1n) is 4.82. The van der Waals surface area contributed by atoms with Crippen molar-refractivity contribution in [2.24, 2.45) is 0 Å². The van der Waals surface area contributed by atoms with Crippen LogP contribution in [0.25, 0.3) is 0 Å².